The van der Waals surface area contributed by atoms with Crippen LogP contribution in [0.2, 0.25) is 5.02 Å². The molecule has 8 heteroatoms. The Labute approximate surface area is 199 Å². The Hall–Kier alpha value is -3.32. The molecule has 7 nitrogen and oxygen atoms in total. The van der Waals surface area contributed by atoms with E-state index in [1.54, 1.807) is 19.2 Å². The monoisotopic (exact) mass is 468 g/mol. The Kier molecular flexibility index (Phi) is 7.76. The van der Waals surface area contributed by atoms with Gasteiger partial charge >= 0.3 is 0 Å². The van der Waals surface area contributed by atoms with Crippen LogP contribution >= 0.6 is 11.6 Å². The number of rotatable bonds is 8. The average Bonchev–Trinajstić information content (AvgIpc) is 3.14. The van der Waals surface area contributed by atoms with Crippen LogP contribution in [0, 0.1) is 19.8 Å². The van der Waals surface area contributed by atoms with Crippen LogP contribution in [0.1, 0.15) is 51.4 Å². The highest BCUT2D eigenvalue weighted by molar-refractivity contribution is 6.32. The molecular weight excluding hydrogens is 440 g/mol. The smallest absolute Gasteiger partial charge is 0.271 e. The quantitative estimate of drug-likeness (QED) is 0.492. The second-order valence-electron chi connectivity index (χ2n) is 8.45. The molecule has 0 spiro atoms. The van der Waals surface area contributed by atoms with Gasteiger partial charge in [0.15, 0.2) is 0 Å². The predicted octanol–water partition coefficient (Wildman–Crippen LogP) is 4.91. The van der Waals surface area contributed by atoms with Gasteiger partial charge in [0.1, 0.15) is 18.1 Å². The molecule has 0 fully saturated rings. The van der Waals surface area contributed by atoms with E-state index < -0.39 is 0 Å². The number of ether oxygens (including phenoxy) is 1. The maximum atomic E-state index is 12.7. The summed E-state index contributed by atoms with van der Waals surface area (Å²) in [5.41, 5.74) is 3.99. The van der Waals surface area contributed by atoms with E-state index in [0.717, 1.165) is 27.5 Å². The topological polar surface area (TPSA) is 85.2 Å². The molecule has 0 saturated heterocycles. The summed E-state index contributed by atoms with van der Waals surface area (Å²) in [4.78, 5) is 25.3. The van der Waals surface area contributed by atoms with Gasteiger partial charge in [-0.1, -0.05) is 37.6 Å². The summed E-state index contributed by atoms with van der Waals surface area (Å²) in [5.74, 6) is 0.461. The van der Waals surface area contributed by atoms with Crippen molar-refractivity contribution in [3.05, 3.63) is 75.6 Å². The summed E-state index contributed by atoms with van der Waals surface area (Å²) in [6.45, 7) is 8.81. The van der Waals surface area contributed by atoms with Gasteiger partial charge in [-0.05, 0) is 60.7 Å². The number of hydrogen-bond acceptors (Lipinski definition) is 4. The Balaban J connectivity index is 1.64. The minimum Gasteiger partial charge on any atom is -0.489 e. The zero-order chi connectivity index (χ0) is 24.1. The number of carbonyl (C=O) groups is 2. The van der Waals surface area contributed by atoms with E-state index in [1.807, 2.05) is 52.0 Å². The van der Waals surface area contributed by atoms with Crippen LogP contribution in [0.25, 0.3) is 0 Å². The fourth-order valence-electron chi connectivity index (χ4n) is 3.28. The SMILES string of the molecule is Cc1cc(OCc2ccc(C(=O)Nc3cnn(C)c3C(=O)NCC(C)C)cc2)cc(C)c1Cl. The third kappa shape index (κ3) is 6.14. The highest BCUT2D eigenvalue weighted by Gasteiger charge is 2.19. The zero-order valence-electron chi connectivity index (χ0n) is 19.5. The van der Waals surface area contributed by atoms with Gasteiger partial charge in [-0.15, -0.1) is 0 Å². The highest BCUT2D eigenvalue weighted by Crippen LogP contribution is 2.26. The molecule has 0 bridgehead atoms. The number of benzene rings is 2. The van der Waals surface area contributed by atoms with Crippen molar-refractivity contribution >= 4 is 29.1 Å². The number of nitrogens with zero attached hydrogens (tertiary/aromatic N) is 2. The number of nitrogens with one attached hydrogen (secondary N) is 2. The Morgan fingerprint density at radius 3 is 2.33 bits per heavy atom. The van der Waals surface area contributed by atoms with Gasteiger partial charge in [0.05, 0.1) is 11.9 Å². The molecule has 0 atom stereocenters. The lowest BCUT2D eigenvalue weighted by molar-refractivity contribution is 0.0940. The van der Waals surface area contributed by atoms with Crippen LogP contribution in [-0.4, -0.2) is 28.1 Å². The fraction of sp³-hybridized carbons (Fsp3) is 0.320. The number of amides is 2. The third-order valence-electron chi connectivity index (χ3n) is 5.10. The molecule has 3 rings (SSSR count). The minimum atomic E-state index is -0.322. The molecule has 1 aromatic heterocycles. The lowest BCUT2D eigenvalue weighted by atomic mass is 10.1. The molecule has 0 aliphatic heterocycles. The van der Waals surface area contributed by atoms with Crippen molar-refractivity contribution in [2.45, 2.75) is 34.3 Å². The molecule has 2 amide bonds. The third-order valence-corrected chi connectivity index (χ3v) is 5.70. The summed E-state index contributed by atoms with van der Waals surface area (Å²) < 4.78 is 7.32. The van der Waals surface area contributed by atoms with Crippen LogP contribution in [0.5, 0.6) is 5.75 Å². The van der Waals surface area contributed by atoms with Gasteiger partial charge in [-0.25, -0.2) is 0 Å². The first-order valence-electron chi connectivity index (χ1n) is 10.8. The highest BCUT2D eigenvalue weighted by atomic mass is 35.5. The van der Waals surface area contributed by atoms with E-state index in [4.69, 9.17) is 16.3 Å². The molecule has 0 aliphatic rings. The summed E-state index contributed by atoms with van der Waals surface area (Å²) >= 11 is 6.21. The molecule has 0 radical (unpaired) electrons. The maximum Gasteiger partial charge on any atom is 0.271 e. The predicted molar refractivity (Wildman–Crippen MR) is 130 cm³/mol. The molecule has 174 valence electrons. The second kappa shape index (κ2) is 10.5. The first-order chi connectivity index (χ1) is 15.7. The fourth-order valence-corrected chi connectivity index (χ4v) is 3.39. The van der Waals surface area contributed by atoms with Gasteiger partial charge in [0, 0.05) is 24.2 Å². The summed E-state index contributed by atoms with van der Waals surface area (Å²) in [5, 5.41) is 10.5. The van der Waals surface area contributed by atoms with E-state index in [-0.39, 0.29) is 11.8 Å². The normalized spacial score (nSPS) is 10.9. The molecule has 1 heterocycles. The van der Waals surface area contributed by atoms with Crippen LogP contribution in [-0.2, 0) is 13.7 Å². The Morgan fingerprint density at radius 2 is 1.73 bits per heavy atom. The van der Waals surface area contributed by atoms with Crippen molar-refractivity contribution in [2.24, 2.45) is 13.0 Å². The van der Waals surface area contributed by atoms with Crippen molar-refractivity contribution in [3.63, 3.8) is 0 Å². The van der Waals surface area contributed by atoms with E-state index in [9.17, 15) is 9.59 Å². The van der Waals surface area contributed by atoms with Crippen LogP contribution in [0.15, 0.2) is 42.6 Å². The van der Waals surface area contributed by atoms with Gasteiger partial charge in [0.2, 0.25) is 0 Å². The molecular formula is C25H29ClN4O3. The molecule has 33 heavy (non-hydrogen) atoms. The van der Waals surface area contributed by atoms with Crippen molar-refractivity contribution in [2.75, 3.05) is 11.9 Å². The summed E-state index contributed by atoms with van der Waals surface area (Å²) in [6, 6.07) is 10.9. The molecule has 0 aliphatic carbocycles. The van der Waals surface area contributed by atoms with Crippen LogP contribution in [0.4, 0.5) is 5.69 Å². The number of aryl methyl sites for hydroxylation is 3. The Morgan fingerprint density at radius 1 is 1.09 bits per heavy atom. The summed E-state index contributed by atoms with van der Waals surface area (Å²) in [7, 11) is 1.67. The van der Waals surface area contributed by atoms with Crippen molar-refractivity contribution in [3.8, 4) is 5.75 Å². The van der Waals surface area contributed by atoms with Crippen molar-refractivity contribution in [1.29, 1.82) is 0 Å². The Bertz CT molecular complexity index is 1130. The van der Waals surface area contributed by atoms with Crippen LogP contribution in [0.3, 0.4) is 0 Å². The number of anilines is 1. The van der Waals surface area contributed by atoms with E-state index in [1.165, 1.54) is 10.9 Å². The maximum absolute atomic E-state index is 12.7. The lowest BCUT2D eigenvalue weighted by Crippen LogP contribution is -2.30. The first kappa shape index (κ1) is 24.3. The molecule has 0 saturated carbocycles. The van der Waals surface area contributed by atoms with E-state index >= 15 is 0 Å². The molecule has 2 aromatic carbocycles. The second-order valence-corrected chi connectivity index (χ2v) is 8.82. The average molecular weight is 469 g/mol. The standard InChI is InChI=1S/C25H29ClN4O3/c1-15(2)12-27-25(32)23-21(13-28-30(23)5)29-24(31)19-8-6-18(7-9-19)14-33-20-10-16(3)22(26)17(4)11-20/h6-11,13,15H,12,14H2,1-5H3,(H,27,32)(H,29,31). The van der Waals surface area contributed by atoms with E-state index in [0.29, 0.717) is 36.0 Å². The largest absolute Gasteiger partial charge is 0.489 e. The summed E-state index contributed by atoms with van der Waals surface area (Å²) in [6.07, 6.45) is 1.47. The van der Waals surface area contributed by atoms with E-state index in [2.05, 4.69) is 15.7 Å². The van der Waals surface area contributed by atoms with Gasteiger partial charge in [-0.3, -0.25) is 14.3 Å². The number of aromatic nitrogens is 2. The number of hydrogen-bond donors (Lipinski definition) is 2. The number of carbonyl (C=O) groups excluding carboxylic acids is 2. The molecule has 0 unspecified atom stereocenters. The molecule has 2 N–H and O–H groups in total. The van der Waals surface area contributed by atoms with Gasteiger partial charge in [0.25, 0.3) is 11.8 Å². The van der Waals surface area contributed by atoms with Crippen molar-refractivity contribution < 1.29 is 14.3 Å². The van der Waals surface area contributed by atoms with Gasteiger partial charge < -0.3 is 15.4 Å². The minimum absolute atomic E-state index is 0.279. The van der Waals surface area contributed by atoms with Crippen LogP contribution < -0.4 is 15.4 Å². The molecule has 3 aromatic rings. The lowest BCUT2D eigenvalue weighted by Gasteiger charge is -2.11. The number of halogens is 1. The zero-order valence-corrected chi connectivity index (χ0v) is 20.3. The van der Waals surface area contributed by atoms with Gasteiger partial charge in [-0.2, -0.15) is 5.10 Å². The van der Waals surface area contributed by atoms with Crippen molar-refractivity contribution in [1.82, 2.24) is 15.1 Å². The first-order valence-corrected chi connectivity index (χ1v) is 11.1.